The van der Waals surface area contributed by atoms with Gasteiger partial charge in [-0.1, -0.05) is 44.2 Å². The van der Waals surface area contributed by atoms with E-state index in [4.69, 9.17) is 11.6 Å². The summed E-state index contributed by atoms with van der Waals surface area (Å²) in [6.45, 7) is 7.04. The normalized spacial score (nSPS) is 17.3. The van der Waals surface area contributed by atoms with Gasteiger partial charge in [0.25, 0.3) is 0 Å². The van der Waals surface area contributed by atoms with Gasteiger partial charge in [0.2, 0.25) is 5.28 Å². The van der Waals surface area contributed by atoms with Gasteiger partial charge in [-0.05, 0) is 35.6 Å². The zero-order valence-corrected chi connectivity index (χ0v) is 16.6. The number of carbonyl (C=O) groups is 1. The first-order valence-electron chi connectivity index (χ1n) is 9.36. The number of rotatable bonds is 5. The topological polar surface area (TPSA) is 61.4 Å². The van der Waals surface area contributed by atoms with Crippen LogP contribution in [0.5, 0.6) is 0 Å². The summed E-state index contributed by atoms with van der Waals surface area (Å²) in [7, 11) is 0. The first-order chi connectivity index (χ1) is 13.0. The number of piperazine rings is 1. The minimum absolute atomic E-state index is 0.00463. The van der Waals surface area contributed by atoms with E-state index in [1.54, 1.807) is 6.20 Å². The van der Waals surface area contributed by atoms with Crippen LogP contribution in [0.4, 0.5) is 10.6 Å². The Balaban J connectivity index is 1.59. The van der Waals surface area contributed by atoms with Crippen molar-refractivity contribution in [2.24, 2.45) is 5.92 Å². The first kappa shape index (κ1) is 19.4. The van der Waals surface area contributed by atoms with Gasteiger partial charge < -0.3 is 15.1 Å². The number of hydrogen-bond acceptors (Lipinski definition) is 4. The van der Waals surface area contributed by atoms with Crippen LogP contribution in [0.2, 0.25) is 5.28 Å². The van der Waals surface area contributed by atoms with Crippen molar-refractivity contribution < 1.29 is 4.79 Å². The second-order valence-electron chi connectivity index (χ2n) is 7.10. The summed E-state index contributed by atoms with van der Waals surface area (Å²) in [5.74, 6) is 1.15. The molecule has 3 rings (SSSR count). The van der Waals surface area contributed by atoms with Crippen LogP contribution in [-0.4, -0.2) is 53.1 Å². The molecule has 0 aliphatic carbocycles. The second kappa shape index (κ2) is 9.04. The Morgan fingerprint density at radius 2 is 2.04 bits per heavy atom. The molecule has 0 radical (unpaired) electrons. The van der Waals surface area contributed by atoms with E-state index in [9.17, 15) is 4.79 Å². The lowest BCUT2D eigenvalue weighted by Gasteiger charge is -2.43. The molecule has 1 fully saturated rings. The molecule has 1 unspecified atom stereocenters. The smallest absolute Gasteiger partial charge is 0.317 e. The molecule has 1 aliphatic rings. The van der Waals surface area contributed by atoms with Crippen LogP contribution in [0.3, 0.4) is 0 Å². The van der Waals surface area contributed by atoms with Crippen molar-refractivity contribution in [2.45, 2.75) is 26.3 Å². The Kier molecular flexibility index (Phi) is 6.50. The van der Waals surface area contributed by atoms with Crippen LogP contribution in [0.25, 0.3) is 0 Å². The van der Waals surface area contributed by atoms with Crippen LogP contribution in [0.1, 0.15) is 19.4 Å². The van der Waals surface area contributed by atoms with E-state index in [0.717, 1.165) is 25.3 Å². The zero-order valence-electron chi connectivity index (χ0n) is 15.8. The Morgan fingerprint density at radius 1 is 1.26 bits per heavy atom. The number of urea groups is 1. The summed E-state index contributed by atoms with van der Waals surface area (Å²) >= 11 is 5.93. The Labute approximate surface area is 165 Å². The van der Waals surface area contributed by atoms with Crippen molar-refractivity contribution in [3.63, 3.8) is 0 Å². The maximum Gasteiger partial charge on any atom is 0.317 e. The molecule has 0 saturated carbocycles. The van der Waals surface area contributed by atoms with E-state index in [2.05, 4.69) is 46.2 Å². The van der Waals surface area contributed by atoms with E-state index in [1.807, 2.05) is 29.2 Å². The number of amides is 2. The van der Waals surface area contributed by atoms with Crippen LogP contribution < -0.4 is 10.2 Å². The average molecular weight is 388 g/mol. The average Bonchev–Trinajstić information content (AvgIpc) is 2.68. The highest BCUT2D eigenvalue weighted by atomic mass is 35.5. The third-order valence-corrected chi connectivity index (χ3v) is 5.10. The predicted molar refractivity (Wildman–Crippen MR) is 108 cm³/mol. The highest BCUT2D eigenvalue weighted by Gasteiger charge is 2.32. The summed E-state index contributed by atoms with van der Waals surface area (Å²) in [4.78, 5) is 25.1. The van der Waals surface area contributed by atoms with Crippen molar-refractivity contribution >= 4 is 23.4 Å². The van der Waals surface area contributed by atoms with Crippen molar-refractivity contribution in [3.05, 3.63) is 53.4 Å². The molecule has 2 aromatic rings. The number of halogens is 1. The monoisotopic (exact) mass is 387 g/mol. The largest absolute Gasteiger partial charge is 0.353 e. The van der Waals surface area contributed by atoms with Gasteiger partial charge in [-0.3, -0.25) is 0 Å². The summed E-state index contributed by atoms with van der Waals surface area (Å²) in [5, 5.41) is 3.32. The van der Waals surface area contributed by atoms with Crippen molar-refractivity contribution in [2.75, 3.05) is 31.1 Å². The molecule has 0 spiro atoms. The number of aromatic nitrogens is 2. The number of carbonyl (C=O) groups excluding carboxylic acids is 1. The van der Waals surface area contributed by atoms with Crippen LogP contribution in [0.15, 0.2) is 42.6 Å². The van der Waals surface area contributed by atoms with E-state index < -0.39 is 0 Å². The minimum Gasteiger partial charge on any atom is -0.353 e. The molecule has 2 heterocycles. The molecule has 1 saturated heterocycles. The molecular weight excluding hydrogens is 362 g/mol. The Hall–Kier alpha value is -2.34. The summed E-state index contributed by atoms with van der Waals surface area (Å²) < 4.78 is 0. The van der Waals surface area contributed by atoms with Crippen LogP contribution in [-0.2, 0) is 6.42 Å². The van der Waals surface area contributed by atoms with E-state index in [0.29, 0.717) is 19.0 Å². The second-order valence-corrected chi connectivity index (χ2v) is 7.44. The zero-order chi connectivity index (χ0) is 19.2. The molecule has 6 nitrogen and oxygen atoms in total. The Bertz CT molecular complexity index is 755. The molecule has 27 heavy (non-hydrogen) atoms. The van der Waals surface area contributed by atoms with Gasteiger partial charge in [0, 0.05) is 32.4 Å². The first-order valence-corrected chi connectivity index (χ1v) is 9.74. The molecule has 1 aromatic carbocycles. The number of anilines is 1. The van der Waals surface area contributed by atoms with Crippen molar-refractivity contribution in [1.29, 1.82) is 0 Å². The minimum atomic E-state index is 0.00463. The molecule has 1 aliphatic heterocycles. The van der Waals surface area contributed by atoms with Gasteiger partial charge >= 0.3 is 6.03 Å². The molecule has 144 valence electrons. The lowest BCUT2D eigenvalue weighted by atomic mass is 10.00. The predicted octanol–water partition coefficient (Wildman–Crippen LogP) is 3.23. The molecule has 1 atom stereocenters. The fourth-order valence-electron chi connectivity index (χ4n) is 3.40. The lowest BCUT2D eigenvalue weighted by molar-refractivity contribution is 0.145. The number of nitrogens with zero attached hydrogens (tertiary/aromatic N) is 4. The van der Waals surface area contributed by atoms with Crippen molar-refractivity contribution in [3.8, 4) is 0 Å². The van der Waals surface area contributed by atoms with E-state index >= 15 is 0 Å². The standard InChI is InChI=1S/C20H26ClN5O/c1-15(2)17-14-25(18-9-11-22-19(21)24-18)12-13-26(17)20(27)23-10-8-16-6-4-3-5-7-16/h3-7,9,11,15,17H,8,10,12-14H2,1-2H3,(H,23,27). The fraction of sp³-hybridized carbons (Fsp3) is 0.450. The fourth-order valence-corrected chi connectivity index (χ4v) is 3.55. The van der Waals surface area contributed by atoms with E-state index in [1.165, 1.54) is 5.56 Å². The molecule has 2 amide bonds. The van der Waals surface area contributed by atoms with Gasteiger partial charge in [-0.2, -0.15) is 0 Å². The molecule has 0 bridgehead atoms. The molecular formula is C20H26ClN5O. The van der Waals surface area contributed by atoms with Gasteiger partial charge in [0.15, 0.2) is 0 Å². The summed E-state index contributed by atoms with van der Waals surface area (Å²) in [5.41, 5.74) is 1.23. The summed E-state index contributed by atoms with van der Waals surface area (Å²) in [6, 6.07) is 12.2. The quantitative estimate of drug-likeness (QED) is 0.800. The lowest BCUT2D eigenvalue weighted by Crippen LogP contribution is -2.59. The molecule has 1 aromatic heterocycles. The van der Waals surface area contributed by atoms with Gasteiger partial charge in [-0.15, -0.1) is 0 Å². The molecule has 1 N–H and O–H groups in total. The maximum atomic E-state index is 12.8. The highest BCUT2D eigenvalue weighted by molar-refractivity contribution is 6.28. The number of hydrogen-bond donors (Lipinski definition) is 1. The number of nitrogens with one attached hydrogen (secondary N) is 1. The SMILES string of the molecule is CC(C)C1CN(c2ccnc(Cl)n2)CCN1C(=O)NCCc1ccccc1. The van der Waals surface area contributed by atoms with Crippen LogP contribution >= 0.6 is 11.6 Å². The van der Waals surface area contributed by atoms with Gasteiger partial charge in [-0.25, -0.2) is 14.8 Å². The maximum absolute atomic E-state index is 12.8. The van der Waals surface area contributed by atoms with Gasteiger partial charge in [0.05, 0.1) is 6.04 Å². The number of benzene rings is 1. The third kappa shape index (κ3) is 5.10. The molecule has 7 heteroatoms. The highest BCUT2D eigenvalue weighted by Crippen LogP contribution is 2.22. The summed E-state index contributed by atoms with van der Waals surface area (Å²) in [6.07, 6.45) is 2.50. The Morgan fingerprint density at radius 3 is 2.74 bits per heavy atom. The van der Waals surface area contributed by atoms with Crippen LogP contribution in [0, 0.1) is 5.92 Å². The van der Waals surface area contributed by atoms with E-state index in [-0.39, 0.29) is 17.4 Å². The van der Waals surface area contributed by atoms with Crippen molar-refractivity contribution in [1.82, 2.24) is 20.2 Å². The van der Waals surface area contributed by atoms with Gasteiger partial charge in [0.1, 0.15) is 5.82 Å². The third-order valence-electron chi connectivity index (χ3n) is 4.92.